The quantitative estimate of drug-likeness (QED) is 0.925. The van der Waals surface area contributed by atoms with Gasteiger partial charge in [-0.05, 0) is 40.5 Å². The number of aromatic nitrogens is 1. The lowest BCUT2D eigenvalue weighted by Crippen LogP contribution is -2.23. The SMILES string of the molecule is Cc1ccc(S(=O)(=O)NCc2cncs2)c(Br)c1. The number of hydrogen-bond donors (Lipinski definition) is 1. The number of rotatable bonds is 4. The summed E-state index contributed by atoms with van der Waals surface area (Å²) in [5.41, 5.74) is 2.68. The first-order valence-electron chi connectivity index (χ1n) is 5.12. The van der Waals surface area contributed by atoms with Gasteiger partial charge in [-0.15, -0.1) is 11.3 Å². The molecular weight excluding hydrogens is 336 g/mol. The Kier molecular flexibility index (Phi) is 4.16. The molecule has 1 N–H and O–H groups in total. The molecular formula is C11H11BrN2O2S2. The third-order valence-corrected chi connectivity index (χ3v) is 5.45. The molecule has 1 heterocycles. The fraction of sp³-hybridized carbons (Fsp3) is 0.182. The van der Waals surface area contributed by atoms with Crippen LogP contribution in [0.15, 0.2) is 39.3 Å². The van der Waals surface area contributed by atoms with Gasteiger partial charge in [-0.1, -0.05) is 6.07 Å². The third kappa shape index (κ3) is 3.17. The van der Waals surface area contributed by atoms with Crippen LogP contribution in [0.4, 0.5) is 0 Å². The highest BCUT2D eigenvalue weighted by atomic mass is 79.9. The molecule has 0 spiro atoms. The van der Waals surface area contributed by atoms with Crippen molar-refractivity contribution < 1.29 is 8.42 Å². The molecule has 1 aromatic carbocycles. The number of nitrogens with zero attached hydrogens (tertiary/aromatic N) is 1. The van der Waals surface area contributed by atoms with Crippen molar-refractivity contribution in [2.24, 2.45) is 0 Å². The van der Waals surface area contributed by atoms with Crippen molar-refractivity contribution in [3.05, 3.63) is 44.8 Å². The normalized spacial score (nSPS) is 11.7. The van der Waals surface area contributed by atoms with Crippen LogP contribution >= 0.6 is 27.3 Å². The number of benzene rings is 1. The van der Waals surface area contributed by atoms with E-state index in [-0.39, 0.29) is 11.4 Å². The Balaban J connectivity index is 2.20. The second-order valence-corrected chi connectivity index (χ2v) is 7.29. The molecule has 96 valence electrons. The summed E-state index contributed by atoms with van der Waals surface area (Å²) >= 11 is 4.69. The maximum absolute atomic E-state index is 12.1. The van der Waals surface area contributed by atoms with E-state index in [1.165, 1.54) is 11.3 Å². The van der Waals surface area contributed by atoms with E-state index in [2.05, 4.69) is 25.6 Å². The summed E-state index contributed by atoms with van der Waals surface area (Å²) in [5.74, 6) is 0. The molecule has 0 bridgehead atoms. The van der Waals surface area contributed by atoms with Crippen LogP contribution in [0.25, 0.3) is 0 Å². The van der Waals surface area contributed by atoms with E-state index in [1.807, 2.05) is 6.92 Å². The molecule has 0 aliphatic heterocycles. The smallest absolute Gasteiger partial charge is 0.242 e. The molecule has 1 aromatic heterocycles. The summed E-state index contributed by atoms with van der Waals surface area (Å²) in [7, 11) is -3.50. The fourth-order valence-corrected chi connectivity index (χ4v) is 4.22. The van der Waals surface area contributed by atoms with Gasteiger partial charge in [0.2, 0.25) is 10.0 Å². The first-order valence-corrected chi connectivity index (χ1v) is 8.28. The molecule has 0 aliphatic carbocycles. The molecule has 0 unspecified atom stereocenters. The maximum Gasteiger partial charge on any atom is 0.242 e. The van der Waals surface area contributed by atoms with Gasteiger partial charge in [-0.3, -0.25) is 4.98 Å². The van der Waals surface area contributed by atoms with Gasteiger partial charge in [-0.25, -0.2) is 13.1 Å². The molecule has 0 saturated carbocycles. The van der Waals surface area contributed by atoms with Crippen molar-refractivity contribution in [2.75, 3.05) is 0 Å². The minimum absolute atomic E-state index is 0.248. The Labute approximate surface area is 118 Å². The van der Waals surface area contributed by atoms with Gasteiger partial charge in [-0.2, -0.15) is 0 Å². The standard InChI is InChI=1S/C11H11BrN2O2S2/c1-8-2-3-11(10(12)4-8)18(15,16)14-6-9-5-13-7-17-9/h2-5,7,14H,6H2,1H3. The minimum Gasteiger partial charge on any atom is -0.253 e. The van der Waals surface area contributed by atoms with Crippen LogP contribution in [-0.2, 0) is 16.6 Å². The lowest BCUT2D eigenvalue weighted by atomic mass is 10.2. The van der Waals surface area contributed by atoms with Crippen LogP contribution in [0, 0.1) is 6.92 Å². The zero-order chi connectivity index (χ0) is 13.2. The van der Waals surface area contributed by atoms with Crippen molar-refractivity contribution in [1.29, 1.82) is 0 Å². The maximum atomic E-state index is 12.1. The lowest BCUT2D eigenvalue weighted by Gasteiger charge is -2.08. The Morgan fingerprint density at radius 2 is 2.22 bits per heavy atom. The number of halogens is 1. The van der Waals surface area contributed by atoms with E-state index in [9.17, 15) is 8.42 Å². The van der Waals surface area contributed by atoms with Crippen LogP contribution in [0.1, 0.15) is 10.4 Å². The second kappa shape index (κ2) is 5.48. The molecule has 2 aromatic rings. The molecule has 18 heavy (non-hydrogen) atoms. The van der Waals surface area contributed by atoms with Crippen LogP contribution in [-0.4, -0.2) is 13.4 Å². The zero-order valence-electron chi connectivity index (χ0n) is 9.55. The van der Waals surface area contributed by atoms with Crippen molar-refractivity contribution >= 4 is 37.3 Å². The Bertz CT molecular complexity index is 639. The summed E-state index contributed by atoms with van der Waals surface area (Å²) < 4.78 is 27.3. The molecule has 2 rings (SSSR count). The van der Waals surface area contributed by atoms with E-state index < -0.39 is 10.0 Å². The highest BCUT2D eigenvalue weighted by Crippen LogP contribution is 2.23. The van der Waals surface area contributed by atoms with Gasteiger partial charge in [0.15, 0.2) is 0 Å². The van der Waals surface area contributed by atoms with Gasteiger partial charge in [0, 0.05) is 22.1 Å². The third-order valence-electron chi connectivity index (χ3n) is 2.30. The van der Waals surface area contributed by atoms with Crippen LogP contribution < -0.4 is 4.72 Å². The Morgan fingerprint density at radius 1 is 1.44 bits per heavy atom. The first kappa shape index (κ1) is 13.7. The van der Waals surface area contributed by atoms with Crippen molar-refractivity contribution in [3.8, 4) is 0 Å². The number of thiazole rings is 1. The molecule has 0 atom stereocenters. The van der Waals surface area contributed by atoms with Gasteiger partial charge in [0.25, 0.3) is 0 Å². The monoisotopic (exact) mass is 346 g/mol. The average Bonchev–Trinajstić information content (AvgIpc) is 2.78. The Hall–Kier alpha value is -0.760. The summed E-state index contributed by atoms with van der Waals surface area (Å²) in [5, 5.41) is 0. The van der Waals surface area contributed by atoms with E-state index in [0.717, 1.165) is 10.4 Å². The Morgan fingerprint density at radius 3 is 2.83 bits per heavy atom. The predicted octanol–water partition coefficient (Wildman–Crippen LogP) is 2.69. The van der Waals surface area contributed by atoms with Gasteiger partial charge in [0.1, 0.15) is 0 Å². The van der Waals surface area contributed by atoms with Crippen LogP contribution in [0.2, 0.25) is 0 Å². The number of aryl methyl sites for hydroxylation is 1. The fourth-order valence-electron chi connectivity index (χ4n) is 1.40. The predicted molar refractivity (Wildman–Crippen MR) is 75.0 cm³/mol. The topological polar surface area (TPSA) is 59.1 Å². The minimum atomic E-state index is -3.50. The summed E-state index contributed by atoms with van der Waals surface area (Å²) in [6.07, 6.45) is 1.65. The largest absolute Gasteiger partial charge is 0.253 e. The highest BCUT2D eigenvalue weighted by Gasteiger charge is 2.17. The molecule has 4 nitrogen and oxygen atoms in total. The average molecular weight is 347 g/mol. The number of nitrogens with one attached hydrogen (secondary N) is 1. The summed E-state index contributed by atoms with van der Waals surface area (Å²) in [6.45, 7) is 2.17. The van der Waals surface area contributed by atoms with E-state index in [4.69, 9.17) is 0 Å². The summed E-state index contributed by atoms with van der Waals surface area (Å²) in [4.78, 5) is 5.02. The first-order chi connectivity index (χ1) is 8.49. The van der Waals surface area contributed by atoms with Crippen molar-refractivity contribution in [1.82, 2.24) is 9.71 Å². The van der Waals surface area contributed by atoms with Gasteiger partial charge >= 0.3 is 0 Å². The molecule has 0 radical (unpaired) electrons. The van der Waals surface area contributed by atoms with E-state index in [1.54, 1.807) is 29.9 Å². The molecule has 0 amide bonds. The number of sulfonamides is 1. The van der Waals surface area contributed by atoms with Gasteiger partial charge < -0.3 is 0 Å². The van der Waals surface area contributed by atoms with Crippen molar-refractivity contribution in [2.45, 2.75) is 18.4 Å². The highest BCUT2D eigenvalue weighted by molar-refractivity contribution is 9.10. The van der Waals surface area contributed by atoms with E-state index >= 15 is 0 Å². The van der Waals surface area contributed by atoms with Crippen molar-refractivity contribution in [3.63, 3.8) is 0 Å². The van der Waals surface area contributed by atoms with Crippen LogP contribution in [0.5, 0.6) is 0 Å². The second-order valence-electron chi connectivity index (χ2n) is 3.73. The molecule has 0 aliphatic rings. The summed E-state index contributed by atoms with van der Waals surface area (Å²) in [6, 6.07) is 5.14. The lowest BCUT2D eigenvalue weighted by molar-refractivity contribution is 0.581. The zero-order valence-corrected chi connectivity index (χ0v) is 12.8. The molecule has 0 saturated heterocycles. The van der Waals surface area contributed by atoms with E-state index in [0.29, 0.717) is 4.47 Å². The molecule has 0 fully saturated rings. The van der Waals surface area contributed by atoms with Gasteiger partial charge in [0.05, 0.1) is 10.4 Å². The van der Waals surface area contributed by atoms with Crippen LogP contribution in [0.3, 0.4) is 0 Å². The molecule has 7 heteroatoms. The number of hydrogen-bond acceptors (Lipinski definition) is 4.